The average molecular weight is 593 g/mol. The van der Waals surface area contributed by atoms with E-state index < -0.39 is 5.41 Å². The van der Waals surface area contributed by atoms with Gasteiger partial charge in [0, 0.05) is 21.4 Å². The first-order valence-electron chi connectivity index (χ1n) is 15.4. The topological polar surface area (TPSA) is 13.1 Å². The van der Waals surface area contributed by atoms with Crippen molar-refractivity contribution in [3.63, 3.8) is 0 Å². The minimum Gasteiger partial charge on any atom is -0.455 e. The van der Waals surface area contributed by atoms with E-state index in [-0.39, 0.29) is 0 Å². The maximum Gasteiger partial charge on any atom is 0.143 e. The number of rotatable bonds is 2. The van der Waals surface area contributed by atoms with Crippen LogP contribution in [0.25, 0.3) is 66.4 Å². The Morgan fingerprint density at radius 2 is 1.00 bits per heavy atom. The van der Waals surface area contributed by atoms with Crippen molar-refractivity contribution in [1.82, 2.24) is 0 Å². The third-order valence-corrected chi connectivity index (χ3v) is 10.2. The monoisotopic (exact) mass is 592 g/mol. The smallest absolute Gasteiger partial charge is 0.143 e. The van der Waals surface area contributed by atoms with E-state index in [1.165, 1.54) is 61.2 Å². The molecule has 45 heavy (non-hydrogen) atoms. The molecule has 2 heteroatoms. The molecule has 210 valence electrons. The number of hydrogen-bond donors (Lipinski definition) is 0. The molecule has 1 heterocycles. The molecule has 0 saturated carbocycles. The summed E-state index contributed by atoms with van der Waals surface area (Å²) in [7, 11) is 0. The molecule has 0 unspecified atom stereocenters. The van der Waals surface area contributed by atoms with E-state index in [0.29, 0.717) is 0 Å². The molecule has 2 aliphatic carbocycles. The van der Waals surface area contributed by atoms with Crippen molar-refractivity contribution in [3.8, 4) is 44.5 Å². The molecule has 0 N–H and O–H groups in total. The Hall–Kier alpha value is -5.37. The van der Waals surface area contributed by atoms with Crippen molar-refractivity contribution >= 4 is 33.5 Å². The second-order valence-corrected chi connectivity index (χ2v) is 12.6. The zero-order valence-electron chi connectivity index (χ0n) is 24.2. The molecule has 1 aromatic heterocycles. The first kappa shape index (κ1) is 25.0. The van der Waals surface area contributed by atoms with Crippen LogP contribution in [0.2, 0.25) is 5.02 Å². The van der Waals surface area contributed by atoms with Gasteiger partial charge < -0.3 is 4.42 Å². The Morgan fingerprint density at radius 1 is 0.422 bits per heavy atom. The van der Waals surface area contributed by atoms with Gasteiger partial charge in [0.05, 0.1) is 5.41 Å². The first-order valence-corrected chi connectivity index (χ1v) is 15.7. The fraction of sp³-hybridized carbons (Fsp3) is 0.0233. The lowest BCUT2D eigenvalue weighted by Gasteiger charge is -2.31. The number of para-hydroxylation sites is 1. The highest BCUT2D eigenvalue weighted by Crippen LogP contribution is 2.65. The van der Waals surface area contributed by atoms with E-state index in [1.807, 2.05) is 12.1 Å². The van der Waals surface area contributed by atoms with E-state index in [2.05, 4.69) is 140 Å². The van der Waals surface area contributed by atoms with Gasteiger partial charge in [0.25, 0.3) is 0 Å². The lowest BCUT2D eigenvalue weighted by atomic mass is 9.70. The van der Waals surface area contributed by atoms with Crippen molar-refractivity contribution in [2.75, 3.05) is 0 Å². The van der Waals surface area contributed by atoms with Gasteiger partial charge in [-0.15, -0.1) is 0 Å². The van der Waals surface area contributed by atoms with Crippen LogP contribution >= 0.6 is 11.6 Å². The van der Waals surface area contributed by atoms with Gasteiger partial charge in [-0.25, -0.2) is 0 Å². The molecular weight excluding hydrogens is 568 g/mol. The van der Waals surface area contributed by atoms with Crippen LogP contribution in [0, 0.1) is 0 Å². The summed E-state index contributed by atoms with van der Waals surface area (Å²) >= 11 is 6.90. The fourth-order valence-corrected chi connectivity index (χ4v) is 8.26. The molecule has 1 spiro atoms. The molecule has 0 aliphatic heterocycles. The van der Waals surface area contributed by atoms with Gasteiger partial charge in [0.2, 0.25) is 0 Å². The van der Waals surface area contributed by atoms with Crippen molar-refractivity contribution < 1.29 is 4.42 Å². The predicted octanol–water partition coefficient (Wildman–Crippen LogP) is 11.9. The minimum atomic E-state index is -0.566. The quantitative estimate of drug-likeness (QED) is 0.194. The molecule has 0 amide bonds. The highest BCUT2D eigenvalue weighted by atomic mass is 35.5. The molecule has 2 aliphatic rings. The van der Waals surface area contributed by atoms with E-state index in [9.17, 15) is 0 Å². The number of benzene rings is 7. The fourth-order valence-electron chi connectivity index (χ4n) is 8.08. The Morgan fingerprint density at radius 3 is 1.67 bits per heavy atom. The standard InChI is InChI=1S/C43H25ClO/c44-30-17-20-35-39(25-30)43(36-22-21-34-33-13-7-8-14-40(33)45-42(34)41(35)36)37-23-28(26-9-3-1-4-10-26)15-18-31(37)32-19-16-29(24-38(32)43)27-11-5-2-6-12-27/h1-25H. The summed E-state index contributed by atoms with van der Waals surface area (Å²) in [6, 6.07) is 54.7. The van der Waals surface area contributed by atoms with E-state index in [1.54, 1.807) is 0 Å². The van der Waals surface area contributed by atoms with E-state index in [0.717, 1.165) is 32.5 Å². The lowest BCUT2D eigenvalue weighted by Crippen LogP contribution is -2.26. The maximum absolute atomic E-state index is 6.90. The molecule has 0 bridgehead atoms. The number of halogens is 1. The molecule has 1 nitrogen and oxygen atoms in total. The van der Waals surface area contributed by atoms with Crippen LogP contribution in [-0.2, 0) is 5.41 Å². The van der Waals surface area contributed by atoms with Crippen LogP contribution in [0.4, 0.5) is 0 Å². The number of furan rings is 1. The van der Waals surface area contributed by atoms with E-state index in [4.69, 9.17) is 16.0 Å². The largest absolute Gasteiger partial charge is 0.455 e. The third-order valence-electron chi connectivity index (χ3n) is 9.96. The van der Waals surface area contributed by atoms with Gasteiger partial charge >= 0.3 is 0 Å². The van der Waals surface area contributed by atoms with Gasteiger partial charge in [-0.05, 0) is 91.5 Å². The average Bonchev–Trinajstić information content (AvgIpc) is 3.72. The summed E-state index contributed by atoms with van der Waals surface area (Å²) in [6.45, 7) is 0. The third kappa shape index (κ3) is 3.28. The van der Waals surface area contributed by atoms with Crippen LogP contribution in [0.15, 0.2) is 156 Å². The summed E-state index contributed by atoms with van der Waals surface area (Å²) in [5, 5.41) is 3.00. The van der Waals surface area contributed by atoms with Crippen LogP contribution in [0.1, 0.15) is 22.3 Å². The lowest BCUT2D eigenvalue weighted by molar-refractivity contribution is 0.669. The Labute approximate surface area is 266 Å². The van der Waals surface area contributed by atoms with Crippen LogP contribution in [-0.4, -0.2) is 0 Å². The molecule has 0 atom stereocenters. The van der Waals surface area contributed by atoms with Gasteiger partial charge in [0.15, 0.2) is 0 Å². The van der Waals surface area contributed by atoms with E-state index >= 15 is 0 Å². The summed E-state index contributed by atoms with van der Waals surface area (Å²) < 4.78 is 6.71. The van der Waals surface area contributed by atoms with Crippen molar-refractivity contribution in [2.24, 2.45) is 0 Å². The Balaban J connectivity index is 1.37. The van der Waals surface area contributed by atoms with Crippen molar-refractivity contribution in [2.45, 2.75) is 5.41 Å². The molecular formula is C43H25ClO. The Bertz CT molecular complexity index is 2400. The molecule has 0 radical (unpaired) electrons. The predicted molar refractivity (Wildman–Crippen MR) is 186 cm³/mol. The SMILES string of the molecule is Clc1ccc2c(c1)C1(c3cc(-c4ccccc4)ccc3-c3ccc(-c4ccccc4)cc31)c1ccc3c(oc4ccccc43)c1-2. The number of hydrogen-bond acceptors (Lipinski definition) is 1. The molecule has 0 fully saturated rings. The summed E-state index contributed by atoms with van der Waals surface area (Å²) in [5.74, 6) is 0. The zero-order valence-corrected chi connectivity index (χ0v) is 25.0. The molecule has 10 rings (SSSR count). The van der Waals surface area contributed by atoms with Crippen LogP contribution in [0.3, 0.4) is 0 Å². The van der Waals surface area contributed by atoms with Crippen LogP contribution < -0.4 is 0 Å². The normalized spacial score (nSPS) is 13.6. The van der Waals surface area contributed by atoms with Gasteiger partial charge in [0.1, 0.15) is 11.2 Å². The van der Waals surface area contributed by atoms with Crippen LogP contribution in [0.5, 0.6) is 0 Å². The molecule has 0 saturated heterocycles. The summed E-state index contributed by atoms with van der Waals surface area (Å²) in [6.07, 6.45) is 0. The first-order chi connectivity index (χ1) is 22.2. The second-order valence-electron chi connectivity index (χ2n) is 12.2. The molecule has 7 aromatic carbocycles. The van der Waals surface area contributed by atoms with Crippen molar-refractivity contribution in [3.05, 3.63) is 179 Å². The van der Waals surface area contributed by atoms with Gasteiger partial charge in [-0.3, -0.25) is 0 Å². The second kappa shape index (κ2) is 9.08. The summed E-state index contributed by atoms with van der Waals surface area (Å²) in [4.78, 5) is 0. The maximum atomic E-state index is 6.90. The van der Waals surface area contributed by atoms with Crippen molar-refractivity contribution in [1.29, 1.82) is 0 Å². The summed E-state index contributed by atoms with van der Waals surface area (Å²) in [5.41, 5.74) is 15.9. The molecule has 8 aromatic rings. The number of fused-ring (bicyclic) bond motifs is 14. The highest BCUT2D eigenvalue weighted by Gasteiger charge is 2.53. The van der Waals surface area contributed by atoms with Gasteiger partial charge in [-0.1, -0.05) is 133 Å². The zero-order chi connectivity index (χ0) is 29.7. The Kier molecular flexibility index (Phi) is 5.04. The van der Waals surface area contributed by atoms with Gasteiger partial charge in [-0.2, -0.15) is 0 Å². The minimum absolute atomic E-state index is 0.566. The highest BCUT2D eigenvalue weighted by molar-refractivity contribution is 6.31.